The van der Waals surface area contributed by atoms with E-state index in [1.165, 1.54) is 5.56 Å². The molecule has 5 heteroatoms. The Morgan fingerprint density at radius 1 is 1.17 bits per heavy atom. The van der Waals surface area contributed by atoms with Gasteiger partial charge >= 0.3 is 0 Å². The second-order valence-electron chi connectivity index (χ2n) is 8.46. The summed E-state index contributed by atoms with van der Waals surface area (Å²) in [5.74, 6) is 1.96. The number of nitrogens with zero attached hydrogens (tertiary/aromatic N) is 2. The molecular formula is C25H30N2O3. The molecule has 0 unspecified atom stereocenters. The van der Waals surface area contributed by atoms with Crippen LogP contribution in [0, 0.1) is 31.1 Å². The summed E-state index contributed by atoms with van der Waals surface area (Å²) in [4.78, 5) is 13.7. The Balaban J connectivity index is 1.64. The Labute approximate surface area is 179 Å². The van der Waals surface area contributed by atoms with E-state index in [9.17, 15) is 10.1 Å². The van der Waals surface area contributed by atoms with Gasteiger partial charge < -0.3 is 9.47 Å². The molecule has 2 aromatic rings. The van der Waals surface area contributed by atoms with Crippen LogP contribution in [0.1, 0.15) is 48.6 Å². The van der Waals surface area contributed by atoms with Crippen LogP contribution in [0.3, 0.4) is 0 Å². The standard InChI is InChI=1S/C25H30N2O3/c1-16(2)30-24-7-6-20(10-22(24)11-26)15-29-25-17(3)8-21(9-18(25)4)12-27-13-23(14-27)19(5)28/h6-10,16,23H,12-15H2,1-5H3. The molecule has 0 N–H and O–H groups in total. The maximum absolute atomic E-state index is 11.4. The van der Waals surface area contributed by atoms with Gasteiger partial charge in [-0.3, -0.25) is 9.69 Å². The van der Waals surface area contributed by atoms with Crippen molar-refractivity contribution in [1.82, 2.24) is 4.90 Å². The predicted molar refractivity (Wildman–Crippen MR) is 117 cm³/mol. The molecule has 0 saturated carbocycles. The summed E-state index contributed by atoms with van der Waals surface area (Å²) in [6.07, 6.45) is 0.0209. The van der Waals surface area contributed by atoms with Crippen molar-refractivity contribution in [2.24, 2.45) is 5.92 Å². The van der Waals surface area contributed by atoms with Crippen molar-refractivity contribution in [3.05, 3.63) is 58.1 Å². The molecule has 0 aromatic heterocycles. The number of carbonyl (C=O) groups excluding carboxylic acids is 1. The van der Waals surface area contributed by atoms with E-state index in [-0.39, 0.29) is 17.8 Å². The molecule has 1 heterocycles. The van der Waals surface area contributed by atoms with Gasteiger partial charge in [0.1, 0.15) is 30.0 Å². The highest BCUT2D eigenvalue weighted by atomic mass is 16.5. The van der Waals surface area contributed by atoms with E-state index in [2.05, 4.69) is 36.9 Å². The fourth-order valence-corrected chi connectivity index (χ4v) is 3.84. The number of likely N-dealkylation sites (tertiary alicyclic amines) is 1. The summed E-state index contributed by atoms with van der Waals surface area (Å²) in [6.45, 7) is 12.6. The van der Waals surface area contributed by atoms with E-state index in [1.54, 1.807) is 6.92 Å². The van der Waals surface area contributed by atoms with Gasteiger partial charge in [0, 0.05) is 25.6 Å². The number of nitriles is 1. The highest BCUT2D eigenvalue weighted by Crippen LogP contribution is 2.29. The van der Waals surface area contributed by atoms with Crippen molar-refractivity contribution < 1.29 is 14.3 Å². The molecule has 0 aliphatic carbocycles. The first-order valence-corrected chi connectivity index (χ1v) is 10.4. The minimum absolute atomic E-state index is 0.0209. The number of Topliss-reactive ketones (excluding diaryl/α,β-unsaturated/α-hetero) is 1. The van der Waals surface area contributed by atoms with Crippen molar-refractivity contribution in [3.8, 4) is 17.6 Å². The summed E-state index contributed by atoms with van der Waals surface area (Å²) >= 11 is 0. The van der Waals surface area contributed by atoms with Crippen molar-refractivity contribution in [2.75, 3.05) is 13.1 Å². The van der Waals surface area contributed by atoms with E-state index in [4.69, 9.17) is 9.47 Å². The van der Waals surface area contributed by atoms with E-state index >= 15 is 0 Å². The molecule has 1 saturated heterocycles. The van der Waals surface area contributed by atoms with Crippen LogP contribution in [0.25, 0.3) is 0 Å². The molecule has 3 rings (SSSR count). The molecule has 0 radical (unpaired) electrons. The Hall–Kier alpha value is -2.84. The summed E-state index contributed by atoms with van der Waals surface area (Å²) in [5, 5.41) is 9.41. The van der Waals surface area contributed by atoms with Crippen molar-refractivity contribution >= 4 is 5.78 Å². The molecule has 1 aliphatic rings. The van der Waals surface area contributed by atoms with E-state index in [0.717, 1.165) is 42.1 Å². The normalized spacial score (nSPS) is 14.3. The Morgan fingerprint density at radius 3 is 2.40 bits per heavy atom. The largest absolute Gasteiger partial charge is 0.490 e. The summed E-state index contributed by atoms with van der Waals surface area (Å²) in [7, 11) is 0. The van der Waals surface area contributed by atoms with Crippen LogP contribution in [0.5, 0.6) is 11.5 Å². The maximum Gasteiger partial charge on any atom is 0.137 e. The van der Waals surface area contributed by atoms with E-state index in [1.807, 2.05) is 32.0 Å². The van der Waals surface area contributed by atoms with Crippen molar-refractivity contribution in [1.29, 1.82) is 5.26 Å². The zero-order valence-corrected chi connectivity index (χ0v) is 18.5. The molecule has 0 atom stereocenters. The minimum Gasteiger partial charge on any atom is -0.490 e. The zero-order valence-electron chi connectivity index (χ0n) is 18.5. The number of hydrogen-bond donors (Lipinski definition) is 0. The average molecular weight is 407 g/mol. The van der Waals surface area contributed by atoms with Crippen LogP contribution in [-0.4, -0.2) is 29.9 Å². The molecule has 1 aliphatic heterocycles. The number of benzene rings is 2. The van der Waals surface area contributed by atoms with Gasteiger partial charge in [-0.1, -0.05) is 18.2 Å². The molecule has 158 valence electrons. The average Bonchev–Trinajstić information content (AvgIpc) is 2.63. The number of ketones is 1. The summed E-state index contributed by atoms with van der Waals surface area (Å²) in [5.41, 5.74) is 4.87. The van der Waals surface area contributed by atoms with Crippen LogP contribution in [0.15, 0.2) is 30.3 Å². The van der Waals surface area contributed by atoms with Gasteiger partial charge in [-0.05, 0) is 69.0 Å². The third kappa shape index (κ3) is 5.20. The first-order chi connectivity index (χ1) is 14.3. The minimum atomic E-state index is 0.0209. The fourth-order valence-electron chi connectivity index (χ4n) is 3.84. The predicted octanol–water partition coefficient (Wildman–Crippen LogP) is 4.56. The number of hydrogen-bond acceptors (Lipinski definition) is 5. The Bertz CT molecular complexity index is 946. The van der Waals surface area contributed by atoms with Gasteiger partial charge in [-0.2, -0.15) is 5.26 Å². The Kier molecular flexibility index (Phi) is 6.79. The molecule has 0 bridgehead atoms. The lowest BCUT2D eigenvalue weighted by molar-refractivity contribution is -0.126. The second kappa shape index (κ2) is 9.32. The SMILES string of the molecule is CC(=O)C1CN(Cc2cc(C)c(OCc3ccc(OC(C)C)c(C#N)c3)c(C)c2)C1. The van der Waals surface area contributed by atoms with Crippen LogP contribution in [-0.2, 0) is 17.9 Å². The lowest BCUT2D eigenvalue weighted by Crippen LogP contribution is -2.48. The van der Waals surface area contributed by atoms with E-state index < -0.39 is 0 Å². The van der Waals surface area contributed by atoms with Crippen LogP contribution < -0.4 is 9.47 Å². The number of ether oxygens (including phenoxy) is 2. The third-order valence-corrected chi connectivity index (χ3v) is 5.37. The number of aryl methyl sites for hydroxylation is 2. The van der Waals surface area contributed by atoms with Crippen LogP contribution in [0.4, 0.5) is 0 Å². The number of rotatable bonds is 8. The van der Waals surface area contributed by atoms with Crippen LogP contribution in [0.2, 0.25) is 0 Å². The van der Waals surface area contributed by atoms with Gasteiger partial charge in [0.15, 0.2) is 0 Å². The smallest absolute Gasteiger partial charge is 0.137 e. The number of carbonyl (C=O) groups is 1. The molecule has 0 amide bonds. The van der Waals surface area contributed by atoms with Gasteiger partial charge in [0.25, 0.3) is 0 Å². The lowest BCUT2D eigenvalue weighted by atomic mass is 9.95. The molecule has 5 nitrogen and oxygen atoms in total. The molecule has 0 spiro atoms. The lowest BCUT2D eigenvalue weighted by Gasteiger charge is -2.38. The van der Waals surface area contributed by atoms with Gasteiger partial charge in [-0.15, -0.1) is 0 Å². The van der Waals surface area contributed by atoms with Crippen molar-refractivity contribution in [2.45, 2.75) is 53.9 Å². The molecule has 2 aromatic carbocycles. The van der Waals surface area contributed by atoms with Gasteiger partial charge in [-0.25, -0.2) is 0 Å². The van der Waals surface area contributed by atoms with Gasteiger partial charge in [0.05, 0.1) is 11.7 Å². The monoisotopic (exact) mass is 406 g/mol. The van der Waals surface area contributed by atoms with Crippen molar-refractivity contribution in [3.63, 3.8) is 0 Å². The van der Waals surface area contributed by atoms with Gasteiger partial charge in [0.2, 0.25) is 0 Å². The first-order valence-electron chi connectivity index (χ1n) is 10.4. The maximum atomic E-state index is 11.4. The summed E-state index contributed by atoms with van der Waals surface area (Å²) in [6, 6.07) is 12.1. The summed E-state index contributed by atoms with van der Waals surface area (Å²) < 4.78 is 11.8. The topological polar surface area (TPSA) is 62.6 Å². The third-order valence-electron chi connectivity index (χ3n) is 5.37. The quantitative estimate of drug-likeness (QED) is 0.643. The van der Waals surface area contributed by atoms with Crippen LogP contribution >= 0.6 is 0 Å². The van der Waals surface area contributed by atoms with E-state index in [0.29, 0.717) is 17.9 Å². The fraction of sp³-hybridized carbons (Fsp3) is 0.440. The molecule has 30 heavy (non-hydrogen) atoms. The molecular weight excluding hydrogens is 376 g/mol. The highest BCUT2D eigenvalue weighted by Gasteiger charge is 2.29. The zero-order chi connectivity index (χ0) is 21.8. The second-order valence-corrected chi connectivity index (χ2v) is 8.46. The first kappa shape index (κ1) is 21.9. The highest BCUT2D eigenvalue weighted by molar-refractivity contribution is 5.79. The molecule has 1 fully saturated rings. The Morgan fingerprint density at radius 2 is 1.83 bits per heavy atom.